The zero-order valence-corrected chi connectivity index (χ0v) is 13.4. The Labute approximate surface area is 140 Å². The van der Waals surface area contributed by atoms with E-state index in [1.165, 1.54) is 11.3 Å². The van der Waals surface area contributed by atoms with E-state index in [4.69, 9.17) is 16.0 Å². The van der Waals surface area contributed by atoms with Crippen LogP contribution in [0.2, 0.25) is 5.02 Å². The molecule has 2 aromatic heterocycles. The summed E-state index contributed by atoms with van der Waals surface area (Å²) in [5.41, 5.74) is 2.20. The van der Waals surface area contributed by atoms with Crippen molar-refractivity contribution >= 4 is 33.9 Å². The summed E-state index contributed by atoms with van der Waals surface area (Å²) in [5, 5.41) is 4.11. The summed E-state index contributed by atoms with van der Waals surface area (Å²) in [6.45, 7) is 0. The highest BCUT2D eigenvalue weighted by molar-refractivity contribution is 7.13. The molecule has 0 N–H and O–H groups in total. The third kappa shape index (κ3) is 2.67. The van der Waals surface area contributed by atoms with E-state index < -0.39 is 5.63 Å². The minimum atomic E-state index is -0.398. The summed E-state index contributed by atoms with van der Waals surface area (Å²) in [7, 11) is 0. The molecule has 0 saturated carbocycles. The van der Waals surface area contributed by atoms with Crippen LogP contribution in [0.25, 0.3) is 32.8 Å². The Morgan fingerprint density at radius 1 is 1.04 bits per heavy atom. The molecule has 23 heavy (non-hydrogen) atoms. The number of halogens is 1. The van der Waals surface area contributed by atoms with Crippen LogP contribution in [0, 0.1) is 0 Å². The number of benzene rings is 2. The number of aromatic nitrogens is 1. The molecule has 4 aromatic rings. The van der Waals surface area contributed by atoms with Gasteiger partial charge in [0, 0.05) is 21.4 Å². The second-order valence-electron chi connectivity index (χ2n) is 5.03. The van der Waals surface area contributed by atoms with Gasteiger partial charge in [-0.25, -0.2) is 9.78 Å². The van der Waals surface area contributed by atoms with E-state index in [0.717, 1.165) is 16.0 Å². The molecule has 0 atom stereocenters. The third-order valence-corrected chi connectivity index (χ3v) is 4.62. The molecule has 0 aliphatic carbocycles. The first-order valence-corrected chi connectivity index (χ1v) is 8.21. The van der Waals surface area contributed by atoms with Gasteiger partial charge in [-0.1, -0.05) is 41.9 Å². The number of fused-ring (bicyclic) bond motifs is 1. The van der Waals surface area contributed by atoms with Crippen molar-refractivity contribution < 1.29 is 4.42 Å². The number of hydrogen-bond donors (Lipinski definition) is 0. The van der Waals surface area contributed by atoms with Crippen LogP contribution in [-0.2, 0) is 0 Å². The van der Waals surface area contributed by atoms with Crippen molar-refractivity contribution in [1.29, 1.82) is 0 Å². The monoisotopic (exact) mass is 339 g/mol. The second-order valence-corrected chi connectivity index (χ2v) is 6.33. The third-order valence-electron chi connectivity index (χ3n) is 3.50. The molecule has 0 saturated heterocycles. The van der Waals surface area contributed by atoms with Crippen LogP contribution in [0.4, 0.5) is 0 Å². The van der Waals surface area contributed by atoms with Gasteiger partial charge in [-0.2, -0.15) is 0 Å². The van der Waals surface area contributed by atoms with Gasteiger partial charge in [-0.3, -0.25) is 0 Å². The molecule has 0 radical (unpaired) electrons. The predicted octanol–water partition coefficient (Wildman–Crippen LogP) is 5.24. The summed E-state index contributed by atoms with van der Waals surface area (Å²) in [6, 6.07) is 16.8. The van der Waals surface area contributed by atoms with E-state index in [-0.39, 0.29) is 0 Å². The Morgan fingerprint density at radius 2 is 1.87 bits per heavy atom. The zero-order chi connectivity index (χ0) is 15.8. The number of thiazole rings is 1. The molecule has 0 bridgehead atoms. The average Bonchev–Trinajstić information content (AvgIpc) is 3.05. The van der Waals surface area contributed by atoms with Crippen molar-refractivity contribution in [3.05, 3.63) is 75.4 Å². The standard InChI is InChI=1S/C18H10ClNO2S/c19-13-6-7-16-12(8-13)9-14(18(21)22-16)15-10-23-17(20-15)11-4-2-1-3-5-11/h1-10H. The lowest BCUT2D eigenvalue weighted by molar-refractivity contribution is 0.563. The van der Waals surface area contributed by atoms with Crippen LogP contribution >= 0.6 is 22.9 Å². The van der Waals surface area contributed by atoms with Crippen molar-refractivity contribution in [2.45, 2.75) is 0 Å². The molecule has 0 unspecified atom stereocenters. The lowest BCUT2D eigenvalue weighted by Crippen LogP contribution is -2.02. The van der Waals surface area contributed by atoms with Gasteiger partial charge in [0.2, 0.25) is 0 Å². The van der Waals surface area contributed by atoms with Crippen molar-refractivity contribution in [1.82, 2.24) is 4.98 Å². The van der Waals surface area contributed by atoms with E-state index in [1.54, 1.807) is 24.3 Å². The topological polar surface area (TPSA) is 43.1 Å². The van der Waals surface area contributed by atoms with Gasteiger partial charge in [-0.05, 0) is 24.3 Å². The predicted molar refractivity (Wildman–Crippen MR) is 94.0 cm³/mol. The summed E-state index contributed by atoms with van der Waals surface area (Å²) in [5.74, 6) is 0. The van der Waals surface area contributed by atoms with Gasteiger partial charge in [-0.15, -0.1) is 11.3 Å². The number of rotatable bonds is 2. The highest BCUT2D eigenvalue weighted by Crippen LogP contribution is 2.29. The van der Waals surface area contributed by atoms with Crippen molar-refractivity contribution in [3.63, 3.8) is 0 Å². The van der Waals surface area contributed by atoms with Crippen molar-refractivity contribution in [3.8, 4) is 21.8 Å². The first-order valence-electron chi connectivity index (χ1n) is 6.95. The molecule has 3 nitrogen and oxygen atoms in total. The van der Waals surface area contributed by atoms with Gasteiger partial charge in [0.1, 0.15) is 10.6 Å². The maximum Gasteiger partial charge on any atom is 0.345 e. The van der Waals surface area contributed by atoms with Gasteiger partial charge >= 0.3 is 5.63 Å². The smallest absolute Gasteiger partial charge is 0.345 e. The fourth-order valence-electron chi connectivity index (χ4n) is 2.38. The van der Waals surface area contributed by atoms with Crippen LogP contribution in [0.5, 0.6) is 0 Å². The molecule has 2 aromatic carbocycles. The van der Waals surface area contributed by atoms with Crippen molar-refractivity contribution in [2.24, 2.45) is 0 Å². The molecule has 2 heterocycles. The SMILES string of the molecule is O=c1oc2ccc(Cl)cc2cc1-c1csc(-c2ccccc2)n1. The average molecular weight is 340 g/mol. The van der Waals surface area contributed by atoms with Crippen LogP contribution in [0.15, 0.2) is 69.2 Å². The summed E-state index contributed by atoms with van der Waals surface area (Å²) >= 11 is 7.50. The zero-order valence-electron chi connectivity index (χ0n) is 11.8. The first-order chi connectivity index (χ1) is 11.2. The largest absolute Gasteiger partial charge is 0.422 e. The second kappa shape index (κ2) is 5.65. The van der Waals surface area contributed by atoms with Crippen LogP contribution in [0.1, 0.15) is 0 Å². The Morgan fingerprint density at radius 3 is 2.70 bits per heavy atom. The van der Waals surface area contributed by atoms with E-state index in [0.29, 0.717) is 21.9 Å². The van der Waals surface area contributed by atoms with E-state index in [2.05, 4.69) is 4.98 Å². The minimum absolute atomic E-state index is 0.398. The Hall–Kier alpha value is -2.43. The highest BCUT2D eigenvalue weighted by atomic mass is 35.5. The fourth-order valence-corrected chi connectivity index (χ4v) is 3.39. The number of nitrogens with zero attached hydrogens (tertiary/aromatic N) is 1. The molecule has 0 aliphatic rings. The minimum Gasteiger partial charge on any atom is -0.422 e. The lowest BCUT2D eigenvalue weighted by Gasteiger charge is -2.00. The maximum atomic E-state index is 12.2. The Kier molecular flexibility index (Phi) is 3.48. The quantitative estimate of drug-likeness (QED) is 0.469. The van der Waals surface area contributed by atoms with Crippen LogP contribution in [-0.4, -0.2) is 4.98 Å². The fraction of sp³-hybridized carbons (Fsp3) is 0. The van der Waals surface area contributed by atoms with Crippen LogP contribution in [0.3, 0.4) is 0 Å². The number of hydrogen-bond acceptors (Lipinski definition) is 4. The van der Waals surface area contributed by atoms with E-state index >= 15 is 0 Å². The summed E-state index contributed by atoms with van der Waals surface area (Å²) in [6.07, 6.45) is 0. The van der Waals surface area contributed by atoms with E-state index in [1.807, 2.05) is 35.7 Å². The normalized spacial score (nSPS) is 11.0. The molecule has 4 rings (SSSR count). The summed E-state index contributed by atoms with van der Waals surface area (Å²) < 4.78 is 5.37. The van der Waals surface area contributed by atoms with Gasteiger partial charge in [0.25, 0.3) is 0 Å². The summed E-state index contributed by atoms with van der Waals surface area (Å²) in [4.78, 5) is 16.8. The van der Waals surface area contributed by atoms with E-state index in [9.17, 15) is 4.79 Å². The molecule has 5 heteroatoms. The molecular formula is C18H10ClNO2S. The van der Waals surface area contributed by atoms with Crippen molar-refractivity contribution in [2.75, 3.05) is 0 Å². The Balaban J connectivity index is 1.85. The molecule has 0 amide bonds. The molecule has 0 aliphatic heterocycles. The highest BCUT2D eigenvalue weighted by Gasteiger charge is 2.12. The van der Waals surface area contributed by atoms with Gasteiger partial charge < -0.3 is 4.42 Å². The molecular weight excluding hydrogens is 330 g/mol. The van der Waals surface area contributed by atoms with Crippen LogP contribution < -0.4 is 5.63 Å². The molecule has 112 valence electrons. The lowest BCUT2D eigenvalue weighted by atomic mass is 10.1. The maximum absolute atomic E-state index is 12.2. The Bertz CT molecular complexity index is 1050. The van der Waals surface area contributed by atoms with Gasteiger partial charge in [0.15, 0.2) is 0 Å². The molecule has 0 fully saturated rings. The van der Waals surface area contributed by atoms with Gasteiger partial charge in [0.05, 0.1) is 11.3 Å². The first kappa shape index (κ1) is 14.2. The molecule has 0 spiro atoms.